The Balaban J connectivity index is 2.17. The van der Waals surface area contributed by atoms with E-state index >= 15 is 0 Å². The number of aryl methyl sites for hydroxylation is 1. The smallest absolute Gasteiger partial charge is 0.251 e. The third-order valence-electron chi connectivity index (χ3n) is 4.05. The molecule has 3 N–H and O–H groups in total. The van der Waals surface area contributed by atoms with Gasteiger partial charge in [0.1, 0.15) is 0 Å². The summed E-state index contributed by atoms with van der Waals surface area (Å²) in [6.07, 6.45) is 3.13. The largest absolute Gasteiger partial charge is 0.352 e. The lowest BCUT2D eigenvalue weighted by Gasteiger charge is -2.14. The Morgan fingerprint density at radius 1 is 1.43 bits per heavy atom. The van der Waals surface area contributed by atoms with Crippen LogP contribution in [0.15, 0.2) is 23.1 Å². The zero-order valence-corrected chi connectivity index (χ0v) is 13.2. The van der Waals surface area contributed by atoms with E-state index in [1.54, 1.807) is 6.07 Å². The molecule has 1 aromatic rings. The van der Waals surface area contributed by atoms with Crippen molar-refractivity contribution >= 4 is 15.9 Å². The van der Waals surface area contributed by atoms with Crippen molar-refractivity contribution in [3.05, 3.63) is 29.3 Å². The summed E-state index contributed by atoms with van der Waals surface area (Å²) in [7, 11) is -3.80. The number of benzene rings is 1. The molecule has 1 aliphatic rings. The Kier molecular flexibility index (Phi) is 4.68. The SMILES string of the molecule is CCc1ccc(S(N)(=O)=O)cc1C(=O)NCC(C)C1CC1. The minimum absolute atomic E-state index is 0.0277. The van der Waals surface area contributed by atoms with E-state index in [0.29, 0.717) is 30.4 Å². The Bertz CT molecular complexity index is 636. The van der Waals surface area contributed by atoms with E-state index < -0.39 is 10.0 Å². The van der Waals surface area contributed by atoms with Gasteiger partial charge in [-0.15, -0.1) is 0 Å². The van der Waals surface area contributed by atoms with Gasteiger partial charge in [-0.25, -0.2) is 13.6 Å². The Morgan fingerprint density at radius 3 is 2.62 bits per heavy atom. The molecule has 2 rings (SSSR count). The minimum atomic E-state index is -3.80. The first-order valence-corrected chi connectivity index (χ1v) is 8.81. The summed E-state index contributed by atoms with van der Waals surface area (Å²) in [5.74, 6) is 0.942. The topological polar surface area (TPSA) is 89.3 Å². The van der Waals surface area contributed by atoms with Crippen molar-refractivity contribution in [2.24, 2.45) is 17.0 Å². The fourth-order valence-electron chi connectivity index (χ4n) is 2.43. The zero-order chi connectivity index (χ0) is 15.6. The van der Waals surface area contributed by atoms with E-state index in [1.165, 1.54) is 25.0 Å². The maximum absolute atomic E-state index is 12.3. The van der Waals surface area contributed by atoms with Crippen LogP contribution in [0.2, 0.25) is 0 Å². The number of sulfonamides is 1. The number of nitrogens with two attached hydrogens (primary N) is 1. The number of rotatable bonds is 6. The second kappa shape index (κ2) is 6.15. The Morgan fingerprint density at radius 2 is 2.10 bits per heavy atom. The Hall–Kier alpha value is -1.40. The number of primary sulfonamides is 1. The molecule has 0 spiro atoms. The van der Waals surface area contributed by atoms with Crippen molar-refractivity contribution in [1.82, 2.24) is 5.32 Å². The van der Waals surface area contributed by atoms with Gasteiger partial charge in [0, 0.05) is 12.1 Å². The van der Waals surface area contributed by atoms with Gasteiger partial charge in [-0.05, 0) is 48.8 Å². The summed E-state index contributed by atoms with van der Waals surface area (Å²) in [5.41, 5.74) is 1.21. The highest BCUT2D eigenvalue weighted by atomic mass is 32.2. The highest BCUT2D eigenvalue weighted by Gasteiger charge is 2.28. The molecule has 1 aliphatic carbocycles. The van der Waals surface area contributed by atoms with Crippen molar-refractivity contribution in [2.75, 3.05) is 6.54 Å². The molecule has 6 heteroatoms. The molecular weight excluding hydrogens is 288 g/mol. The van der Waals surface area contributed by atoms with Crippen molar-refractivity contribution in [1.29, 1.82) is 0 Å². The third kappa shape index (κ3) is 4.04. The number of hydrogen-bond donors (Lipinski definition) is 2. The molecule has 1 aromatic carbocycles. The van der Waals surface area contributed by atoms with Crippen LogP contribution in [0.5, 0.6) is 0 Å². The van der Waals surface area contributed by atoms with Crippen LogP contribution in [0.4, 0.5) is 0 Å². The standard InChI is InChI=1S/C15H22N2O3S/c1-3-11-6-7-13(21(16,19)20)8-14(11)15(18)17-9-10(2)12-4-5-12/h6-8,10,12H,3-5,9H2,1-2H3,(H,17,18)(H2,16,19,20). The van der Waals surface area contributed by atoms with E-state index in [-0.39, 0.29) is 10.8 Å². The number of amides is 1. The van der Waals surface area contributed by atoms with Gasteiger partial charge in [0.2, 0.25) is 10.0 Å². The molecule has 5 nitrogen and oxygen atoms in total. The molecule has 0 aliphatic heterocycles. The molecular formula is C15H22N2O3S. The summed E-state index contributed by atoms with van der Waals surface area (Å²) in [5, 5.41) is 8.03. The molecule has 0 aromatic heterocycles. The second-order valence-corrected chi connectivity index (χ2v) is 7.30. The van der Waals surface area contributed by atoms with Gasteiger partial charge in [-0.2, -0.15) is 0 Å². The molecule has 0 saturated heterocycles. The summed E-state index contributed by atoms with van der Waals surface area (Å²) >= 11 is 0. The molecule has 1 unspecified atom stereocenters. The predicted molar refractivity (Wildman–Crippen MR) is 81.4 cm³/mol. The summed E-state index contributed by atoms with van der Waals surface area (Å²) in [4.78, 5) is 12.3. The maximum atomic E-state index is 12.3. The first-order chi connectivity index (χ1) is 9.82. The number of hydrogen-bond acceptors (Lipinski definition) is 3. The van der Waals surface area contributed by atoms with Crippen LogP contribution < -0.4 is 10.5 Å². The molecule has 116 valence electrons. The van der Waals surface area contributed by atoms with Gasteiger partial charge in [0.05, 0.1) is 4.90 Å². The van der Waals surface area contributed by atoms with Crippen LogP contribution in [-0.4, -0.2) is 20.9 Å². The molecule has 0 bridgehead atoms. The van der Waals surface area contributed by atoms with Gasteiger partial charge < -0.3 is 5.32 Å². The van der Waals surface area contributed by atoms with Crippen LogP contribution in [0, 0.1) is 11.8 Å². The highest BCUT2D eigenvalue weighted by Crippen LogP contribution is 2.36. The normalized spacial score (nSPS) is 16.5. The van der Waals surface area contributed by atoms with Crippen molar-refractivity contribution in [3.63, 3.8) is 0 Å². The summed E-state index contributed by atoms with van der Waals surface area (Å²) in [6.45, 7) is 4.67. The minimum Gasteiger partial charge on any atom is -0.352 e. The summed E-state index contributed by atoms with van der Waals surface area (Å²) < 4.78 is 22.8. The first kappa shape index (κ1) is 16.0. The van der Waals surface area contributed by atoms with Gasteiger partial charge in [-0.3, -0.25) is 4.79 Å². The lowest BCUT2D eigenvalue weighted by molar-refractivity contribution is 0.0945. The van der Waals surface area contributed by atoms with Gasteiger partial charge in [0.25, 0.3) is 5.91 Å². The average molecular weight is 310 g/mol. The second-order valence-electron chi connectivity index (χ2n) is 5.74. The number of carbonyl (C=O) groups excluding carboxylic acids is 1. The lowest BCUT2D eigenvalue weighted by atomic mass is 10.0. The molecule has 0 heterocycles. The zero-order valence-electron chi connectivity index (χ0n) is 12.4. The number of nitrogens with one attached hydrogen (secondary N) is 1. The number of carbonyl (C=O) groups is 1. The molecule has 1 saturated carbocycles. The molecule has 21 heavy (non-hydrogen) atoms. The molecule has 1 fully saturated rings. The quantitative estimate of drug-likeness (QED) is 0.837. The molecule has 0 radical (unpaired) electrons. The van der Waals surface area contributed by atoms with Crippen molar-refractivity contribution < 1.29 is 13.2 Å². The summed E-state index contributed by atoms with van der Waals surface area (Å²) in [6, 6.07) is 4.46. The first-order valence-electron chi connectivity index (χ1n) is 7.26. The van der Waals surface area contributed by atoms with Gasteiger partial charge in [0.15, 0.2) is 0 Å². The fraction of sp³-hybridized carbons (Fsp3) is 0.533. The van der Waals surface area contributed by atoms with Crippen molar-refractivity contribution in [2.45, 2.75) is 38.0 Å². The fourth-order valence-corrected chi connectivity index (χ4v) is 2.97. The third-order valence-corrected chi connectivity index (χ3v) is 4.96. The maximum Gasteiger partial charge on any atom is 0.251 e. The van der Waals surface area contributed by atoms with E-state index in [9.17, 15) is 13.2 Å². The van der Waals surface area contributed by atoms with Crippen LogP contribution in [0.3, 0.4) is 0 Å². The van der Waals surface area contributed by atoms with E-state index in [0.717, 1.165) is 5.56 Å². The predicted octanol–water partition coefficient (Wildman–Crippen LogP) is 1.67. The van der Waals surface area contributed by atoms with Crippen LogP contribution in [0.25, 0.3) is 0 Å². The molecule has 1 atom stereocenters. The average Bonchev–Trinajstić information content (AvgIpc) is 3.27. The van der Waals surface area contributed by atoms with E-state index in [1.807, 2.05) is 6.92 Å². The monoisotopic (exact) mass is 310 g/mol. The molecule has 1 amide bonds. The van der Waals surface area contributed by atoms with Crippen LogP contribution in [-0.2, 0) is 16.4 Å². The van der Waals surface area contributed by atoms with Crippen LogP contribution in [0.1, 0.15) is 42.6 Å². The van der Waals surface area contributed by atoms with Crippen LogP contribution >= 0.6 is 0 Å². The van der Waals surface area contributed by atoms with Gasteiger partial charge in [-0.1, -0.05) is 19.9 Å². The van der Waals surface area contributed by atoms with E-state index in [2.05, 4.69) is 12.2 Å². The van der Waals surface area contributed by atoms with Gasteiger partial charge >= 0.3 is 0 Å². The lowest BCUT2D eigenvalue weighted by Crippen LogP contribution is -2.30. The van der Waals surface area contributed by atoms with Crippen molar-refractivity contribution in [3.8, 4) is 0 Å². The highest BCUT2D eigenvalue weighted by molar-refractivity contribution is 7.89. The van der Waals surface area contributed by atoms with E-state index in [4.69, 9.17) is 5.14 Å². The Labute approximate surface area is 126 Å².